The van der Waals surface area contributed by atoms with E-state index in [0.717, 1.165) is 41.0 Å². The van der Waals surface area contributed by atoms with Crippen molar-refractivity contribution in [2.24, 2.45) is 0 Å². The molecule has 0 bridgehead atoms. The van der Waals surface area contributed by atoms with Crippen LogP contribution in [0.15, 0.2) is 48.5 Å². The SMILES string of the molecule is Cc1ccc(-c2n[nH]c(C3CC3)c2NC(=O)COc2ccccc2)c(C)c1. The highest BCUT2D eigenvalue weighted by Gasteiger charge is 2.31. The molecule has 1 aliphatic rings. The molecule has 2 aromatic carbocycles. The molecule has 27 heavy (non-hydrogen) atoms. The fourth-order valence-corrected chi connectivity index (χ4v) is 3.26. The number of benzene rings is 2. The molecule has 0 aliphatic heterocycles. The van der Waals surface area contributed by atoms with Crippen LogP contribution in [-0.4, -0.2) is 22.7 Å². The zero-order valence-corrected chi connectivity index (χ0v) is 15.6. The number of para-hydroxylation sites is 1. The number of carbonyl (C=O) groups is 1. The van der Waals surface area contributed by atoms with Crippen LogP contribution in [0.5, 0.6) is 5.75 Å². The second-order valence-electron chi connectivity index (χ2n) is 7.10. The third-order valence-corrected chi connectivity index (χ3v) is 4.79. The highest BCUT2D eigenvalue weighted by molar-refractivity contribution is 5.97. The molecule has 0 atom stereocenters. The van der Waals surface area contributed by atoms with Gasteiger partial charge >= 0.3 is 0 Å². The summed E-state index contributed by atoms with van der Waals surface area (Å²) in [6.45, 7) is 4.10. The van der Waals surface area contributed by atoms with Gasteiger partial charge in [0.15, 0.2) is 6.61 Å². The van der Waals surface area contributed by atoms with Gasteiger partial charge in [-0.1, -0.05) is 42.0 Å². The van der Waals surface area contributed by atoms with E-state index in [-0.39, 0.29) is 12.5 Å². The van der Waals surface area contributed by atoms with Crippen LogP contribution in [0.4, 0.5) is 5.69 Å². The third-order valence-electron chi connectivity index (χ3n) is 4.79. The van der Waals surface area contributed by atoms with Crippen molar-refractivity contribution in [1.29, 1.82) is 0 Å². The monoisotopic (exact) mass is 361 g/mol. The Kier molecular flexibility index (Phi) is 4.67. The van der Waals surface area contributed by atoms with Gasteiger partial charge in [-0.3, -0.25) is 9.89 Å². The number of nitrogens with zero attached hydrogens (tertiary/aromatic N) is 1. The van der Waals surface area contributed by atoms with Gasteiger partial charge in [0.1, 0.15) is 11.4 Å². The number of aryl methyl sites for hydroxylation is 2. The van der Waals surface area contributed by atoms with E-state index in [4.69, 9.17) is 4.74 Å². The Labute approximate surface area is 158 Å². The fraction of sp³-hybridized carbons (Fsp3) is 0.273. The third kappa shape index (κ3) is 3.87. The molecule has 0 unspecified atom stereocenters. The van der Waals surface area contributed by atoms with Crippen molar-refractivity contribution in [3.63, 3.8) is 0 Å². The molecule has 5 heteroatoms. The molecule has 2 N–H and O–H groups in total. The van der Waals surface area contributed by atoms with E-state index >= 15 is 0 Å². The van der Waals surface area contributed by atoms with E-state index in [1.54, 1.807) is 0 Å². The molecule has 5 nitrogen and oxygen atoms in total. The van der Waals surface area contributed by atoms with Crippen molar-refractivity contribution in [1.82, 2.24) is 10.2 Å². The molecule has 1 amide bonds. The van der Waals surface area contributed by atoms with Crippen LogP contribution >= 0.6 is 0 Å². The fourth-order valence-electron chi connectivity index (χ4n) is 3.26. The molecule has 1 aliphatic carbocycles. The lowest BCUT2D eigenvalue weighted by Crippen LogP contribution is -2.21. The minimum Gasteiger partial charge on any atom is -0.484 e. The Balaban J connectivity index is 1.57. The number of hydrogen-bond acceptors (Lipinski definition) is 3. The largest absolute Gasteiger partial charge is 0.484 e. The lowest BCUT2D eigenvalue weighted by molar-refractivity contribution is -0.118. The highest BCUT2D eigenvalue weighted by atomic mass is 16.5. The number of ether oxygens (including phenoxy) is 1. The minimum atomic E-state index is -0.187. The number of amides is 1. The maximum absolute atomic E-state index is 12.5. The first kappa shape index (κ1) is 17.3. The first-order valence-corrected chi connectivity index (χ1v) is 9.25. The van der Waals surface area contributed by atoms with Crippen LogP contribution in [0, 0.1) is 13.8 Å². The molecule has 0 radical (unpaired) electrons. The van der Waals surface area contributed by atoms with E-state index in [1.807, 2.05) is 30.3 Å². The average Bonchev–Trinajstić information content (AvgIpc) is 3.43. The Morgan fingerprint density at radius 1 is 1.19 bits per heavy atom. The number of carbonyl (C=O) groups excluding carboxylic acids is 1. The Bertz CT molecular complexity index is 959. The Hall–Kier alpha value is -3.08. The van der Waals surface area contributed by atoms with Gasteiger partial charge in [0.25, 0.3) is 5.91 Å². The van der Waals surface area contributed by atoms with Gasteiger partial charge in [0.2, 0.25) is 0 Å². The summed E-state index contributed by atoms with van der Waals surface area (Å²) in [6, 6.07) is 15.6. The molecule has 1 heterocycles. The van der Waals surface area contributed by atoms with Gasteiger partial charge < -0.3 is 10.1 Å². The lowest BCUT2D eigenvalue weighted by atomic mass is 10.0. The molecule has 0 spiro atoms. The van der Waals surface area contributed by atoms with E-state index < -0.39 is 0 Å². The molecule has 1 aromatic heterocycles. The summed E-state index contributed by atoms with van der Waals surface area (Å²) in [5.74, 6) is 0.937. The smallest absolute Gasteiger partial charge is 0.262 e. The summed E-state index contributed by atoms with van der Waals surface area (Å²) in [6.07, 6.45) is 2.25. The van der Waals surface area contributed by atoms with E-state index in [2.05, 4.69) is 47.6 Å². The van der Waals surface area contributed by atoms with Crippen LogP contribution in [0.2, 0.25) is 0 Å². The standard InChI is InChI=1S/C22H23N3O2/c1-14-8-11-18(15(2)12-14)21-22(20(24-25-21)16-9-10-16)23-19(26)13-27-17-6-4-3-5-7-17/h3-8,11-12,16H,9-10,13H2,1-2H3,(H,23,26)(H,24,25). The van der Waals surface area contributed by atoms with Crippen molar-refractivity contribution < 1.29 is 9.53 Å². The van der Waals surface area contributed by atoms with E-state index in [1.165, 1.54) is 5.56 Å². The van der Waals surface area contributed by atoms with Crippen LogP contribution in [0.1, 0.15) is 35.6 Å². The van der Waals surface area contributed by atoms with Crippen molar-refractivity contribution in [3.05, 3.63) is 65.4 Å². The number of hydrogen-bond donors (Lipinski definition) is 2. The zero-order valence-electron chi connectivity index (χ0n) is 15.6. The zero-order chi connectivity index (χ0) is 18.8. The number of nitrogens with one attached hydrogen (secondary N) is 2. The molecule has 3 aromatic rings. The molecule has 1 fully saturated rings. The molecular weight excluding hydrogens is 338 g/mol. The van der Waals surface area contributed by atoms with Crippen molar-refractivity contribution in [3.8, 4) is 17.0 Å². The number of H-pyrrole nitrogens is 1. The first-order chi connectivity index (χ1) is 13.1. The number of anilines is 1. The number of aromatic nitrogens is 2. The van der Waals surface area contributed by atoms with Crippen LogP contribution in [-0.2, 0) is 4.79 Å². The van der Waals surface area contributed by atoms with E-state index in [9.17, 15) is 4.79 Å². The Morgan fingerprint density at radius 2 is 1.96 bits per heavy atom. The average molecular weight is 361 g/mol. The second kappa shape index (κ2) is 7.27. The van der Waals surface area contributed by atoms with Gasteiger partial charge in [0.05, 0.1) is 11.4 Å². The maximum Gasteiger partial charge on any atom is 0.262 e. The van der Waals surface area contributed by atoms with Gasteiger partial charge in [-0.15, -0.1) is 0 Å². The van der Waals surface area contributed by atoms with Gasteiger partial charge in [-0.25, -0.2) is 0 Å². The number of rotatable bonds is 6. The summed E-state index contributed by atoms with van der Waals surface area (Å²) < 4.78 is 5.57. The molecule has 4 rings (SSSR count). The molecule has 138 valence electrons. The number of aromatic amines is 1. The quantitative estimate of drug-likeness (QED) is 0.675. The van der Waals surface area contributed by atoms with Crippen LogP contribution < -0.4 is 10.1 Å². The van der Waals surface area contributed by atoms with Gasteiger partial charge in [-0.2, -0.15) is 5.10 Å². The molecule has 0 saturated heterocycles. The summed E-state index contributed by atoms with van der Waals surface area (Å²) in [5.41, 5.74) is 5.96. The lowest BCUT2D eigenvalue weighted by Gasteiger charge is -2.11. The summed E-state index contributed by atoms with van der Waals surface area (Å²) in [5, 5.41) is 10.7. The predicted molar refractivity (Wildman–Crippen MR) is 106 cm³/mol. The van der Waals surface area contributed by atoms with Crippen molar-refractivity contribution in [2.45, 2.75) is 32.6 Å². The second-order valence-corrected chi connectivity index (χ2v) is 7.10. The molecule has 1 saturated carbocycles. The van der Waals surface area contributed by atoms with E-state index in [0.29, 0.717) is 11.7 Å². The van der Waals surface area contributed by atoms with Crippen LogP contribution in [0.3, 0.4) is 0 Å². The summed E-state index contributed by atoms with van der Waals surface area (Å²) in [4.78, 5) is 12.5. The Morgan fingerprint density at radius 3 is 2.67 bits per heavy atom. The maximum atomic E-state index is 12.5. The topological polar surface area (TPSA) is 67.0 Å². The summed E-state index contributed by atoms with van der Waals surface area (Å²) >= 11 is 0. The minimum absolute atomic E-state index is 0.0361. The van der Waals surface area contributed by atoms with Gasteiger partial charge in [-0.05, 0) is 44.4 Å². The van der Waals surface area contributed by atoms with Gasteiger partial charge in [0, 0.05) is 11.5 Å². The highest BCUT2D eigenvalue weighted by Crippen LogP contribution is 2.45. The summed E-state index contributed by atoms with van der Waals surface area (Å²) in [7, 11) is 0. The first-order valence-electron chi connectivity index (χ1n) is 9.25. The predicted octanol–water partition coefficient (Wildman–Crippen LogP) is 4.59. The van der Waals surface area contributed by atoms with Crippen molar-refractivity contribution in [2.75, 3.05) is 11.9 Å². The molecular formula is C22H23N3O2. The van der Waals surface area contributed by atoms with Crippen molar-refractivity contribution >= 4 is 11.6 Å². The normalized spacial score (nSPS) is 13.4. The van der Waals surface area contributed by atoms with Crippen LogP contribution in [0.25, 0.3) is 11.3 Å².